The fraction of sp³-hybridized carbons (Fsp3) is 0.312. The van der Waals surface area contributed by atoms with Gasteiger partial charge in [0.25, 0.3) is 0 Å². The maximum atomic E-state index is 13.8. The number of anilines is 2. The van der Waals surface area contributed by atoms with E-state index in [-0.39, 0.29) is 5.82 Å². The summed E-state index contributed by atoms with van der Waals surface area (Å²) in [7, 11) is 1.75. The van der Waals surface area contributed by atoms with Crippen LogP contribution in [-0.2, 0) is 6.54 Å². The molecule has 0 spiro atoms. The standard InChI is InChI=1S/C16H19ClFN3/c1-11(2)19-9-12-8-13(17)16(20-10-12)21(3)15-7-5-4-6-14(15)18/h4-8,10-11,19H,9H2,1-3H3. The molecule has 112 valence electrons. The molecule has 0 aliphatic heterocycles. The Hall–Kier alpha value is -1.65. The highest BCUT2D eigenvalue weighted by Gasteiger charge is 2.13. The van der Waals surface area contributed by atoms with Crippen LogP contribution in [-0.4, -0.2) is 18.1 Å². The van der Waals surface area contributed by atoms with Crippen molar-refractivity contribution < 1.29 is 4.39 Å². The van der Waals surface area contributed by atoms with Gasteiger partial charge in [-0.15, -0.1) is 0 Å². The molecule has 1 heterocycles. The molecule has 2 aromatic rings. The molecule has 1 aromatic heterocycles. The lowest BCUT2D eigenvalue weighted by molar-refractivity contribution is 0.588. The highest BCUT2D eigenvalue weighted by Crippen LogP contribution is 2.30. The van der Waals surface area contributed by atoms with Gasteiger partial charge in [-0.3, -0.25) is 0 Å². The number of para-hydroxylation sites is 1. The molecule has 21 heavy (non-hydrogen) atoms. The predicted octanol–water partition coefficient (Wildman–Crippen LogP) is 4.14. The topological polar surface area (TPSA) is 28.2 Å². The first-order valence-corrected chi connectivity index (χ1v) is 7.23. The molecule has 0 radical (unpaired) electrons. The summed E-state index contributed by atoms with van der Waals surface area (Å²) in [6.45, 7) is 4.86. The van der Waals surface area contributed by atoms with E-state index in [1.165, 1.54) is 6.07 Å². The molecule has 0 amide bonds. The van der Waals surface area contributed by atoms with Crippen molar-refractivity contribution >= 4 is 23.1 Å². The van der Waals surface area contributed by atoms with Crippen LogP contribution in [0.5, 0.6) is 0 Å². The average molecular weight is 308 g/mol. The second-order valence-corrected chi connectivity index (χ2v) is 5.60. The Morgan fingerprint density at radius 1 is 1.33 bits per heavy atom. The van der Waals surface area contributed by atoms with Gasteiger partial charge in [-0.2, -0.15) is 0 Å². The molecule has 1 N–H and O–H groups in total. The van der Waals surface area contributed by atoms with Gasteiger partial charge in [0, 0.05) is 25.8 Å². The van der Waals surface area contributed by atoms with Crippen LogP contribution in [0.15, 0.2) is 36.5 Å². The highest BCUT2D eigenvalue weighted by atomic mass is 35.5. The van der Waals surface area contributed by atoms with Crippen molar-refractivity contribution in [2.45, 2.75) is 26.4 Å². The Labute approximate surface area is 129 Å². The van der Waals surface area contributed by atoms with Gasteiger partial charge in [-0.25, -0.2) is 9.37 Å². The molecule has 0 bridgehead atoms. The summed E-state index contributed by atoms with van der Waals surface area (Å²) < 4.78 is 13.8. The number of nitrogens with zero attached hydrogens (tertiary/aromatic N) is 2. The molecule has 0 atom stereocenters. The first kappa shape index (κ1) is 15.7. The monoisotopic (exact) mass is 307 g/mol. The minimum atomic E-state index is -0.302. The third kappa shape index (κ3) is 3.93. The van der Waals surface area contributed by atoms with E-state index in [1.807, 2.05) is 6.07 Å². The Morgan fingerprint density at radius 3 is 2.67 bits per heavy atom. The van der Waals surface area contributed by atoms with Crippen LogP contribution in [0.2, 0.25) is 5.02 Å². The molecule has 0 fully saturated rings. The first-order chi connectivity index (χ1) is 9.99. The van der Waals surface area contributed by atoms with Crippen molar-refractivity contribution in [3.8, 4) is 0 Å². The van der Waals surface area contributed by atoms with E-state index < -0.39 is 0 Å². The van der Waals surface area contributed by atoms with Crippen molar-refractivity contribution in [3.63, 3.8) is 0 Å². The molecule has 5 heteroatoms. The molecule has 0 saturated carbocycles. The van der Waals surface area contributed by atoms with Crippen LogP contribution in [0.3, 0.4) is 0 Å². The molecular formula is C16H19ClFN3. The summed E-state index contributed by atoms with van der Waals surface area (Å²) in [5.41, 5.74) is 1.44. The van der Waals surface area contributed by atoms with Crippen molar-refractivity contribution in [1.29, 1.82) is 0 Å². The predicted molar refractivity (Wildman–Crippen MR) is 85.7 cm³/mol. The second kappa shape index (κ2) is 6.87. The quantitative estimate of drug-likeness (QED) is 0.900. The molecule has 0 aliphatic carbocycles. The van der Waals surface area contributed by atoms with Gasteiger partial charge in [0.05, 0.1) is 10.7 Å². The average Bonchev–Trinajstić information content (AvgIpc) is 2.45. The van der Waals surface area contributed by atoms with Crippen molar-refractivity contribution in [2.24, 2.45) is 0 Å². The van der Waals surface area contributed by atoms with Crippen LogP contribution < -0.4 is 10.2 Å². The largest absolute Gasteiger partial charge is 0.326 e. The summed E-state index contributed by atoms with van der Waals surface area (Å²) in [5.74, 6) is 0.235. The van der Waals surface area contributed by atoms with E-state index in [1.54, 1.807) is 36.3 Å². The molecule has 0 aliphatic rings. The third-order valence-electron chi connectivity index (χ3n) is 3.12. The van der Waals surface area contributed by atoms with Crippen LogP contribution in [0.4, 0.5) is 15.9 Å². The van der Waals surface area contributed by atoms with Gasteiger partial charge in [0.15, 0.2) is 5.82 Å². The zero-order valence-electron chi connectivity index (χ0n) is 12.4. The van der Waals surface area contributed by atoms with Gasteiger partial charge in [-0.1, -0.05) is 37.6 Å². The van der Waals surface area contributed by atoms with Crippen LogP contribution in [0.25, 0.3) is 0 Å². The van der Waals surface area contributed by atoms with E-state index in [0.29, 0.717) is 29.1 Å². The van der Waals surface area contributed by atoms with Gasteiger partial charge >= 0.3 is 0 Å². The number of hydrogen-bond donors (Lipinski definition) is 1. The van der Waals surface area contributed by atoms with Gasteiger partial charge < -0.3 is 10.2 Å². The lowest BCUT2D eigenvalue weighted by Crippen LogP contribution is -2.22. The number of rotatable bonds is 5. The molecule has 3 nitrogen and oxygen atoms in total. The number of pyridine rings is 1. The zero-order chi connectivity index (χ0) is 15.4. The number of halogens is 2. The molecule has 2 rings (SSSR count). The van der Waals surface area contributed by atoms with Crippen molar-refractivity contribution in [1.82, 2.24) is 10.3 Å². The first-order valence-electron chi connectivity index (χ1n) is 6.85. The lowest BCUT2D eigenvalue weighted by atomic mass is 10.2. The van der Waals surface area contributed by atoms with Crippen LogP contribution in [0.1, 0.15) is 19.4 Å². The van der Waals surface area contributed by atoms with Crippen LogP contribution in [0, 0.1) is 5.82 Å². The van der Waals surface area contributed by atoms with Gasteiger partial charge in [0.2, 0.25) is 0 Å². The Bertz CT molecular complexity index is 616. The van der Waals surface area contributed by atoms with E-state index in [2.05, 4.69) is 24.1 Å². The summed E-state index contributed by atoms with van der Waals surface area (Å²) in [4.78, 5) is 6.01. The number of benzene rings is 1. The Kier molecular flexibility index (Phi) is 5.15. The minimum Gasteiger partial charge on any atom is -0.326 e. The van der Waals surface area contributed by atoms with Gasteiger partial charge in [0.1, 0.15) is 5.82 Å². The minimum absolute atomic E-state index is 0.302. The SMILES string of the molecule is CC(C)NCc1cnc(N(C)c2ccccc2F)c(Cl)c1. The van der Waals surface area contributed by atoms with Crippen molar-refractivity contribution in [3.05, 3.63) is 52.9 Å². The van der Waals surface area contributed by atoms with E-state index in [4.69, 9.17) is 11.6 Å². The maximum Gasteiger partial charge on any atom is 0.151 e. The summed E-state index contributed by atoms with van der Waals surface area (Å²) in [6.07, 6.45) is 1.76. The third-order valence-corrected chi connectivity index (χ3v) is 3.40. The van der Waals surface area contributed by atoms with Crippen LogP contribution >= 0.6 is 11.6 Å². The molecule has 0 saturated heterocycles. The molecular weight excluding hydrogens is 289 g/mol. The fourth-order valence-electron chi connectivity index (χ4n) is 1.97. The van der Waals surface area contributed by atoms with E-state index >= 15 is 0 Å². The van der Waals surface area contributed by atoms with E-state index in [0.717, 1.165) is 5.56 Å². The molecule has 0 unspecified atom stereocenters. The highest BCUT2D eigenvalue weighted by molar-refractivity contribution is 6.33. The Balaban J connectivity index is 2.23. The smallest absolute Gasteiger partial charge is 0.151 e. The summed E-state index contributed by atoms with van der Waals surface area (Å²) in [6, 6.07) is 8.80. The van der Waals surface area contributed by atoms with Gasteiger partial charge in [-0.05, 0) is 23.8 Å². The summed E-state index contributed by atoms with van der Waals surface area (Å²) in [5, 5.41) is 3.81. The normalized spacial score (nSPS) is 11.0. The number of aromatic nitrogens is 1. The second-order valence-electron chi connectivity index (χ2n) is 5.20. The number of hydrogen-bond acceptors (Lipinski definition) is 3. The zero-order valence-corrected chi connectivity index (χ0v) is 13.2. The lowest BCUT2D eigenvalue weighted by Gasteiger charge is -2.20. The Morgan fingerprint density at radius 2 is 2.05 bits per heavy atom. The maximum absolute atomic E-state index is 13.8. The molecule has 1 aromatic carbocycles. The summed E-state index contributed by atoms with van der Waals surface area (Å²) >= 11 is 6.29. The van der Waals surface area contributed by atoms with Crippen molar-refractivity contribution in [2.75, 3.05) is 11.9 Å². The number of nitrogens with one attached hydrogen (secondary N) is 1. The van der Waals surface area contributed by atoms with E-state index in [9.17, 15) is 4.39 Å². The fourth-order valence-corrected chi connectivity index (χ4v) is 2.29.